The number of halogens is 2. The van der Waals surface area contributed by atoms with Crippen molar-refractivity contribution in [3.8, 4) is 5.75 Å². The fourth-order valence-electron chi connectivity index (χ4n) is 2.47. The van der Waals surface area contributed by atoms with E-state index in [-0.39, 0.29) is 13.1 Å². The van der Waals surface area contributed by atoms with Crippen LogP contribution in [0, 0.1) is 18.6 Å². The van der Waals surface area contributed by atoms with E-state index in [1.165, 1.54) is 11.0 Å². The molecule has 2 aromatic carbocycles. The normalized spacial score (nSPS) is 13.3. The van der Waals surface area contributed by atoms with E-state index in [4.69, 9.17) is 4.74 Å². The number of nitrogens with zero attached hydrogens (tertiary/aromatic N) is 1. The summed E-state index contributed by atoms with van der Waals surface area (Å²) in [4.78, 5) is 25.3. The summed E-state index contributed by atoms with van der Waals surface area (Å²) in [7, 11) is 0. The lowest BCUT2D eigenvalue weighted by Crippen LogP contribution is -2.41. The first-order valence-electron chi connectivity index (χ1n) is 7.24. The molecule has 1 aliphatic rings. The average Bonchev–Trinajstić information content (AvgIpc) is 2.52. The molecule has 1 aliphatic heterocycles. The number of benzene rings is 2. The lowest BCUT2D eigenvalue weighted by molar-refractivity contribution is -0.133. The van der Waals surface area contributed by atoms with Gasteiger partial charge in [-0.2, -0.15) is 0 Å². The van der Waals surface area contributed by atoms with E-state index in [0.29, 0.717) is 11.4 Å². The third kappa shape index (κ3) is 3.19. The van der Waals surface area contributed by atoms with Crippen LogP contribution in [0.15, 0.2) is 36.4 Å². The van der Waals surface area contributed by atoms with Crippen molar-refractivity contribution in [1.82, 2.24) is 0 Å². The van der Waals surface area contributed by atoms with Crippen LogP contribution in [0.4, 0.5) is 20.2 Å². The van der Waals surface area contributed by atoms with Crippen LogP contribution < -0.4 is 15.0 Å². The first kappa shape index (κ1) is 15.9. The maximum absolute atomic E-state index is 13.6. The molecule has 1 heterocycles. The van der Waals surface area contributed by atoms with E-state index in [9.17, 15) is 18.4 Å². The predicted octanol–water partition coefficient (Wildman–Crippen LogP) is 2.64. The highest BCUT2D eigenvalue weighted by Gasteiger charge is 2.26. The van der Waals surface area contributed by atoms with Crippen LogP contribution in [0.3, 0.4) is 0 Å². The van der Waals surface area contributed by atoms with Gasteiger partial charge in [0.1, 0.15) is 23.9 Å². The summed E-state index contributed by atoms with van der Waals surface area (Å²) in [6, 6.07) is 8.51. The van der Waals surface area contributed by atoms with E-state index in [1.54, 1.807) is 18.2 Å². The standard InChI is InChI=1S/C17H14F2N2O3/c1-10-5-6-14-13(7-10)21(9-16(23)24-14)8-15(22)20-17-11(18)3-2-4-12(17)19/h2-7H,8-9H2,1H3,(H,20,22). The molecule has 0 spiro atoms. The molecule has 0 aliphatic carbocycles. The van der Waals surface area contributed by atoms with Gasteiger partial charge in [-0.1, -0.05) is 12.1 Å². The molecule has 0 atom stereocenters. The van der Waals surface area contributed by atoms with Crippen molar-refractivity contribution >= 4 is 23.3 Å². The van der Waals surface area contributed by atoms with Crippen LogP contribution in [0.5, 0.6) is 5.75 Å². The Morgan fingerprint density at radius 2 is 1.96 bits per heavy atom. The predicted molar refractivity (Wildman–Crippen MR) is 84.0 cm³/mol. The van der Waals surface area contributed by atoms with Gasteiger partial charge in [-0.3, -0.25) is 4.79 Å². The van der Waals surface area contributed by atoms with Crippen LogP contribution in [0.1, 0.15) is 5.56 Å². The SMILES string of the molecule is Cc1ccc2c(c1)N(CC(=O)Nc1c(F)cccc1F)CC(=O)O2. The number of para-hydroxylation sites is 1. The second kappa shape index (κ2) is 6.27. The number of hydrogen-bond acceptors (Lipinski definition) is 4. The van der Waals surface area contributed by atoms with Crippen LogP contribution in [-0.2, 0) is 9.59 Å². The van der Waals surface area contributed by atoms with Gasteiger partial charge < -0.3 is 15.0 Å². The Morgan fingerprint density at radius 1 is 1.25 bits per heavy atom. The van der Waals surface area contributed by atoms with Crippen molar-refractivity contribution in [2.75, 3.05) is 23.3 Å². The summed E-state index contributed by atoms with van der Waals surface area (Å²) in [5, 5.41) is 2.20. The zero-order chi connectivity index (χ0) is 17.3. The first-order chi connectivity index (χ1) is 11.4. The van der Waals surface area contributed by atoms with Gasteiger partial charge in [0.15, 0.2) is 5.75 Å². The number of aryl methyl sites for hydroxylation is 1. The summed E-state index contributed by atoms with van der Waals surface area (Å²) >= 11 is 0. The molecule has 7 heteroatoms. The largest absolute Gasteiger partial charge is 0.423 e. The Balaban J connectivity index is 1.80. The fourth-order valence-corrected chi connectivity index (χ4v) is 2.47. The second-order valence-electron chi connectivity index (χ2n) is 5.45. The Labute approximate surface area is 136 Å². The number of hydrogen-bond donors (Lipinski definition) is 1. The number of ether oxygens (including phenoxy) is 1. The average molecular weight is 332 g/mol. The van der Waals surface area contributed by atoms with Crippen LogP contribution >= 0.6 is 0 Å². The molecule has 0 bridgehead atoms. The van der Waals surface area contributed by atoms with E-state index < -0.39 is 29.2 Å². The molecule has 0 aromatic heterocycles. The minimum atomic E-state index is -0.863. The van der Waals surface area contributed by atoms with Gasteiger partial charge in [-0.15, -0.1) is 0 Å². The Hall–Kier alpha value is -2.96. The quantitative estimate of drug-likeness (QED) is 0.693. The molecule has 3 rings (SSSR count). The molecule has 1 amide bonds. The number of amides is 1. The molecule has 0 unspecified atom stereocenters. The minimum absolute atomic E-state index is 0.121. The molecule has 1 N–H and O–H groups in total. The van der Waals surface area contributed by atoms with Crippen LogP contribution in [0.2, 0.25) is 0 Å². The van der Waals surface area contributed by atoms with E-state index in [0.717, 1.165) is 17.7 Å². The van der Waals surface area contributed by atoms with Crippen LogP contribution in [0.25, 0.3) is 0 Å². The molecule has 0 saturated carbocycles. The summed E-state index contributed by atoms with van der Waals surface area (Å²) in [6.07, 6.45) is 0. The van der Waals surface area contributed by atoms with Crippen LogP contribution in [-0.4, -0.2) is 25.0 Å². The van der Waals surface area contributed by atoms with Gasteiger partial charge in [-0.05, 0) is 36.8 Å². The Bertz CT molecular complexity index is 803. The van der Waals surface area contributed by atoms with Crippen molar-refractivity contribution in [2.24, 2.45) is 0 Å². The summed E-state index contributed by atoms with van der Waals surface area (Å²) in [5.41, 5.74) is 1.00. The molecule has 0 radical (unpaired) electrons. The maximum atomic E-state index is 13.6. The van der Waals surface area contributed by atoms with Gasteiger partial charge >= 0.3 is 5.97 Å². The third-order valence-electron chi connectivity index (χ3n) is 3.56. The number of fused-ring (bicyclic) bond motifs is 1. The van der Waals surface area contributed by atoms with E-state index in [2.05, 4.69) is 5.32 Å². The molecule has 24 heavy (non-hydrogen) atoms. The maximum Gasteiger partial charge on any atom is 0.331 e. The fraction of sp³-hybridized carbons (Fsp3) is 0.176. The lowest BCUT2D eigenvalue weighted by atomic mass is 10.1. The van der Waals surface area contributed by atoms with Gasteiger partial charge in [0.2, 0.25) is 5.91 Å². The summed E-state index contributed by atoms with van der Waals surface area (Å²) in [5.74, 6) is -2.52. The summed E-state index contributed by atoms with van der Waals surface area (Å²) < 4.78 is 32.3. The van der Waals surface area contributed by atoms with Gasteiger partial charge in [0.05, 0.1) is 12.2 Å². The minimum Gasteiger partial charge on any atom is -0.423 e. The van der Waals surface area contributed by atoms with Crippen molar-refractivity contribution in [3.63, 3.8) is 0 Å². The molecular formula is C17H14F2N2O3. The molecule has 0 fully saturated rings. The number of rotatable bonds is 3. The second-order valence-corrected chi connectivity index (χ2v) is 5.45. The highest BCUT2D eigenvalue weighted by Crippen LogP contribution is 2.32. The Kier molecular flexibility index (Phi) is 4.16. The van der Waals surface area contributed by atoms with Gasteiger partial charge in [0, 0.05) is 0 Å². The first-order valence-corrected chi connectivity index (χ1v) is 7.24. The monoisotopic (exact) mass is 332 g/mol. The molecule has 124 valence electrons. The lowest BCUT2D eigenvalue weighted by Gasteiger charge is -2.29. The number of nitrogens with one attached hydrogen (secondary N) is 1. The zero-order valence-electron chi connectivity index (χ0n) is 12.8. The van der Waals surface area contributed by atoms with Crippen molar-refractivity contribution in [3.05, 3.63) is 53.6 Å². The number of carbonyl (C=O) groups is 2. The third-order valence-corrected chi connectivity index (χ3v) is 3.56. The van der Waals surface area contributed by atoms with Gasteiger partial charge in [0.25, 0.3) is 0 Å². The van der Waals surface area contributed by atoms with Crippen molar-refractivity contribution in [1.29, 1.82) is 0 Å². The molecular weight excluding hydrogens is 318 g/mol. The number of anilines is 2. The summed E-state index contributed by atoms with van der Waals surface area (Å²) in [6.45, 7) is 1.51. The highest BCUT2D eigenvalue weighted by molar-refractivity contribution is 5.96. The number of carbonyl (C=O) groups excluding carboxylic acids is 2. The van der Waals surface area contributed by atoms with E-state index in [1.807, 2.05) is 6.92 Å². The zero-order valence-corrected chi connectivity index (χ0v) is 12.8. The van der Waals surface area contributed by atoms with Gasteiger partial charge in [-0.25, -0.2) is 13.6 Å². The molecule has 2 aromatic rings. The Morgan fingerprint density at radius 3 is 2.67 bits per heavy atom. The smallest absolute Gasteiger partial charge is 0.331 e. The molecule has 5 nitrogen and oxygen atoms in total. The highest BCUT2D eigenvalue weighted by atomic mass is 19.1. The van der Waals surface area contributed by atoms with Crippen molar-refractivity contribution < 1.29 is 23.1 Å². The number of esters is 1. The van der Waals surface area contributed by atoms with Crippen molar-refractivity contribution in [2.45, 2.75) is 6.92 Å². The molecule has 0 saturated heterocycles. The van der Waals surface area contributed by atoms with E-state index >= 15 is 0 Å². The topological polar surface area (TPSA) is 58.6 Å².